The van der Waals surface area contributed by atoms with E-state index in [2.05, 4.69) is 65.8 Å². The molecule has 0 bridgehead atoms. The van der Waals surface area contributed by atoms with Gasteiger partial charge in [-0.15, -0.1) is 0 Å². The van der Waals surface area contributed by atoms with Crippen LogP contribution in [-0.4, -0.2) is 0 Å². The summed E-state index contributed by atoms with van der Waals surface area (Å²) in [7, 11) is 0. The summed E-state index contributed by atoms with van der Waals surface area (Å²) >= 11 is 0. The van der Waals surface area contributed by atoms with Crippen LogP contribution in [0.4, 0.5) is 0 Å². The Morgan fingerprint density at radius 2 is 1.05 bits per heavy atom. The summed E-state index contributed by atoms with van der Waals surface area (Å²) in [5.74, 6) is 0. The van der Waals surface area contributed by atoms with Crippen LogP contribution in [0, 0.1) is 27.7 Å². The molecule has 116 valence electrons. The van der Waals surface area contributed by atoms with Gasteiger partial charge in [0.25, 0.3) is 0 Å². The van der Waals surface area contributed by atoms with Crippen molar-refractivity contribution in [3.8, 4) is 0 Å². The van der Waals surface area contributed by atoms with E-state index in [-0.39, 0.29) is 51.0 Å². The third kappa shape index (κ3) is 8.39. The molecule has 0 nitrogen and oxygen atoms in total. The van der Waals surface area contributed by atoms with E-state index in [0.29, 0.717) is 0 Å². The van der Waals surface area contributed by atoms with Crippen molar-refractivity contribution in [1.29, 1.82) is 0 Å². The standard InChI is InChI=1S/2C9H13.2ClH.Zr/c2*1-4-9-5-7(2)8(3)6-9;;;/h2*5-6H,4H2,1-3H3;2*1H;/q2*-1;;;+4/p-2. The largest absolute Gasteiger partial charge is 4.00 e. The van der Waals surface area contributed by atoms with E-state index >= 15 is 0 Å². The van der Waals surface area contributed by atoms with E-state index in [9.17, 15) is 0 Å². The van der Waals surface area contributed by atoms with E-state index in [1.165, 1.54) is 33.4 Å². The van der Waals surface area contributed by atoms with Crippen molar-refractivity contribution in [2.75, 3.05) is 0 Å². The van der Waals surface area contributed by atoms with Crippen molar-refractivity contribution < 1.29 is 51.0 Å². The second-order valence-corrected chi connectivity index (χ2v) is 5.17. The molecule has 0 spiro atoms. The van der Waals surface area contributed by atoms with Gasteiger partial charge in [0, 0.05) is 0 Å². The van der Waals surface area contributed by atoms with Crippen LogP contribution in [0.25, 0.3) is 0 Å². The average molecular weight is 405 g/mol. The number of aryl methyl sites for hydroxylation is 6. The van der Waals surface area contributed by atoms with E-state index in [0.717, 1.165) is 12.8 Å². The SMILES string of the molecule is CCc1cc(C)[c-](C)c1.CCc1cc(C)[c-](C)c1.[Cl-].[Cl-].[Zr+4]. The molecule has 0 fully saturated rings. The number of rotatable bonds is 2. The minimum Gasteiger partial charge on any atom is -1.00 e. The molecule has 2 aromatic carbocycles. The zero-order chi connectivity index (χ0) is 13.7. The summed E-state index contributed by atoms with van der Waals surface area (Å²) in [6.07, 6.45) is 2.32. The monoisotopic (exact) mass is 402 g/mol. The molecular formula is C18H26Cl2Zr. The predicted octanol–water partition coefficient (Wildman–Crippen LogP) is -0.825. The molecule has 0 aromatic heterocycles. The van der Waals surface area contributed by atoms with E-state index in [1.54, 1.807) is 0 Å². The van der Waals surface area contributed by atoms with Crippen molar-refractivity contribution in [1.82, 2.24) is 0 Å². The molecule has 0 N–H and O–H groups in total. The third-order valence-corrected chi connectivity index (χ3v) is 3.67. The van der Waals surface area contributed by atoms with Gasteiger partial charge in [-0.05, 0) is 0 Å². The van der Waals surface area contributed by atoms with Gasteiger partial charge in [-0.2, -0.15) is 45.5 Å². The molecule has 0 saturated heterocycles. The molecule has 0 aliphatic rings. The summed E-state index contributed by atoms with van der Waals surface area (Å²) in [6.45, 7) is 13.0. The van der Waals surface area contributed by atoms with Gasteiger partial charge in [-0.25, -0.2) is 12.1 Å². The molecule has 2 rings (SSSR count). The first kappa shape index (κ1) is 26.1. The summed E-state index contributed by atoms with van der Waals surface area (Å²) in [4.78, 5) is 0. The average Bonchev–Trinajstić information content (AvgIpc) is 2.84. The maximum Gasteiger partial charge on any atom is 4.00 e. The van der Waals surface area contributed by atoms with Crippen LogP contribution in [0.2, 0.25) is 0 Å². The van der Waals surface area contributed by atoms with Crippen molar-refractivity contribution in [2.24, 2.45) is 0 Å². The molecule has 0 atom stereocenters. The Bertz CT molecular complexity index is 410. The first-order valence-electron chi connectivity index (χ1n) is 6.93. The maximum atomic E-state index is 2.26. The molecule has 2 aromatic rings. The Labute approximate surface area is 162 Å². The van der Waals surface area contributed by atoms with Crippen LogP contribution in [0.15, 0.2) is 24.3 Å². The van der Waals surface area contributed by atoms with Crippen LogP contribution in [0.5, 0.6) is 0 Å². The molecule has 0 heterocycles. The first-order valence-corrected chi connectivity index (χ1v) is 6.93. The Kier molecular flexibility index (Phi) is 15.7. The Balaban J connectivity index is -0.000000270. The molecule has 21 heavy (non-hydrogen) atoms. The zero-order valence-corrected chi connectivity index (χ0v) is 17.9. The van der Waals surface area contributed by atoms with E-state index in [4.69, 9.17) is 0 Å². The second-order valence-electron chi connectivity index (χ2n) is 5.17. The Morgan fingerprint density at radius 1 is 0.762 bits per heavy atom. The summed E-state index contributed by atoms with van der Waals surface area (Å²) in [6, 6.07) is 9.04. The van der Waals surface area contributed by atoms with Gasteiger partial charge in [-0.3, -0.25) is 0 Å². The zero-order valence-electron chi connectivity index (χ0n) is 14.0. The van der Waals surface area contributed by atoms with Crippen molar-refractivity contribution in [3.63, 3.8) is 0 Å². The number of halogens is 2. The molecule has 0 radical (unpaired) electrons. The fraction of sp³-hybridized carbons (Fsp3) is 0.444. The number of hydrogen-bond donors (Lipinski definition) is 0. The van der Waals surface area contributed by atoms with Crippen LogP contribution in [-0.2, 0) is 39.0 Å². The minimum atomic E-state index is 0. The quantitative estimate of drug-likeness (QED) is 0.574. The van der Waals surface area contributed by atoms with Crippen molar-refractivity contribution >= 4 is 0 Å². The van der Waals surface area contributed by atoms with Gasteiger partial charge in [0.15, 0.2) is 0 Å². The number of hydrogen-bond acceptors (Lipinski definition) is 0. The molecule has 3 heteroatoms. The van der Waals surface area contributed by atoms with Gasteiger partial charge < -0.3 is 24.8 Å². The normalized spacial score (nSPS) is 8.67. The van der Waals surface area contributed by atoms with Gasteiger partial charge in [-0.1, -0.05) is 54.4 Å². The molecule has 0 unspecified atom stereocenters. The van der Waals surface area contributed by atoms with E-state index < -0.39 is 0 Å². The van der Waals surface area contributed by atoms with Crippen LogP contribution in [0.3, 0.4) is 0 Å². The predicted molar refractivity (Wildman–Crippen MR) is 81.8 cm³/mol. The fourth-order valence-electron chi connectivity index (χ4n) is 2.06. The molecule has 0 aliphatic heterocycles. The van der Waals surface area contributed by atoms with E-state index in [1.807, 2.05) is 0 Å². The van der Waals surface area contributed by atoms with Crippen LogP contribution < -0.4 is 24.8 Å². The molecular weight excluding hydrogens is 378 g/mol. The third-order valence-electron chi connectivity index (χ3n) is 3.67. The van der Waals surface area contributed by atoms with Gasteiger partial charge in [0.05, 0.1) is 0 Å². The van der Waals surface area contributed by atoms with Crippen molar-refractivity contribution in [3.05, 3.63) is 57.6 Å². The van der Waals surface area contributed by atoms with Gasteiger partial charge in [0.2, 0.25) is 0 Å². The minimum absolute atomic E-state index is 0. The summed E-state index contributed by atoms with van der Waals surface area (Å²) < 4.78 is 0. The summed E-state index contributed by atoms with van der Waals surface area (Å²) in [5.41, 5.74) is 8.62. The van der Waals surface area contributed by atoms with Crippen LogP contribution >= 0.6 is 0 Å². The smallest absolute Gasteiger partial charge is 1.00 e. The van der Waals surface area contributed by atoms with Crippen LogP contribution in [0.1, 0.15) is 47.2 Å². The fourth-order valence-corrected chi connectivity index (χ4v) is 2.06. The van der Waals surface area contributed by atoms with Crippen molar-refractivity contribution in [2.45, 2.75) is 54.4 Å². The van der Waals surface area contributed by atoms with Gasteiger partial charge in [0.1, 0.15) is 0 Å². The Morgan fingerprint density at radius 3 is 1.14 bits per heavy atom. The molecule has 0 saturated carbocycles. The topological polar surface area (TPSA) is 0 Å². The molecule has 0 amide bonds. The second kappa shape index (κ2) is 12.7. The maximum absolute atomic E-state index is 2.26. The summed E-state index contributed by atoms with van der Waals surface area (Å²) in [5, 5.41) is 0. The first-order chi connectivity index (χ1) is 8.47. The van der Waals surface area contributed by atoms with Gasteiger partial charge >= 0.3 is 26.2 Å². The Hall–Kier alpha value is 0.163. The molecule has 0 aliphatic carbocycles.